The molecule has 1 N–H and O–H groups in total. The molecular weight excluding hydrogens is 378 g/mol. The predicted molar refractivity (Wildman–Crippen MR) is 123 cm³/mol. The van der Waals surface area contributed by atoms with Crippen molar-refractivity contribution in [3.05, 3.63) is 54.1 Å². The van der Waals surface area contributed by atoms with Crippen LogP contribution in [0.15, 0.2) is 48.5 Å². The summed E-state index contributed by atoms with van der Waals surface area (Å²) in [6.07, 6.45) is 3.37. The highest BCUT2D eigenvalue weighted by molar-refractivity contribution is 6.03. The number of carbonyl (C=O) groups excluding carboxylic acids is 1. The first kappa shape index (κ1) is 21.7. The van der Waals surface area contributed by atoms with Crippen molar-refractivity contribution in [2.75, 3.05) is 50.6 Å². The van der Waals surface area contributed by atoms with Crippen molar-refractivity contribution in [3.8, 4) is 11.5 Å². The Morgan fingerprint density at radius 1 is 1.07 bits per heavy atom. The van der Waals surface area contributed by atoms with Gasteiger partial charge in [-0.25, -0.2) is 0 Å². The largest absolute Gasteiger partial charge is 0.493 e. The Hall–Kier alpha value is -2.99. The summed E-state index contributed by atoms with van der Waals surface area (Å²) >= 11 is 0. The number of amides is 1. The van der Waals surface area contributed by atoms with Gasteiger partial charge in [-0.15, -0.1) is 0 Å². The predicted octanol–water partition coefficient (Wildman–Crippen LogP) is 3.89. The van der Waals surface area contributed by atoms with Gasteiger partial charge in [0, 0.05) is 32.3 Å². The van der Waals surface area contributed by atoms with Crippen molar-refractivity contribution in [2.45, 2.75) is 20.0 Å². The molecular formula is C24H31N3O3. The van der Waals surface area contributed by atoms with E-state index in [-0.39, 0.29) is 12.0 Å². The average Bonchev–Trinajstić information content (AvgIpc) is 2.74. The summed E-state index contributed by atoms with van der Waals surface area (Å²) in [6.45, 7) is 7.86. The highest BCUT2D eigenvalue weighted by atomic mass is 16.5. The number of carbonyl (C=O) groups is 1. The smallest absolute Gasteiger partial charge is 0.248 e. The molecule has 0 bridgehead atoms. The van der Waals surface area contributed by atoms with E-state index in [1.54, 1.807) is 19.3 Å². The SMILES string of the molecule is COc1cc(/C=C/C(=O)Nc2ccccc2N2CCN(C)CC2)ccc1OC(C)C. The highest BCUT2D eigenvalue weighted by Gasteiger charge is 2.17. The maximum absolute atomic E-state index is 12.6. The van der Waals surface area contributed by atoms with E-state index in [0.29, 0.717) is 11.5 Å². The molecule has 1 heterocycles. The Bertz CT molecular complexity index is 887. The van der Waals surface area contributed by atoms with Gasteiger partial charge in [0.2, 0.25) is 5.91 Å². The summed E-state index contributed by atoms with van der Waals surface area (Å²) in [5.41, 5.74) is 2.75. The number of para-hydroxylation sites is 2. The number of nitrogens with zero attached hydrogens (tertiary/aromatic N) is 2. The molecule has 0 saturated carbocycles. The van der Waals surface area contributed by atoms with Crippen molar-refractivity contribution in [1.29, 1.82) is 0 Å². The topological polar surface area (TPSA) is 54.0 Å². The molecule has 1 amide bonds. The number of piperazine rings is 1. The Morgan fingerprint density at radius 2 is 1.80 bits per heavy atom. The molecule has 30 heavy (non-hydrogen) atoms. The first-order valence-electron chi connectivity index (χ1n) is 10.3. The van der Waals surface area contributed by atoms with Crippen LogP contribution in [0, 0.1) is 0 Å². The number of nitrogens with one attached hydrogen (secondary N) is 1. The molecule has 2 aromatic carbocycles. The van der Waals surface area contributed by atoms with Crippen LogP contribution in [0.3, 0.4) is 0 Å². The summed E-state index contributed by atoms with van der Waals surface area (Å²) in [5, 5.41) is 3.02. The van der Waals surface area contributed by atoms with Gasteiger partial charge in [0.05, 0.1) is 24.6 Å². The number of methoxy groups -OCH3 is 1. The molecule has 0 aliphatic carbocycles. The van der Waals surface area contributed by atoms with Crippen molar-refractivity contribution in [1.82, 2.24) is 4.90 Å². The number of anilines is 2. The van der Waals surface area contributed by atoms with Crippen molar-refractivity contribution in [2.24, 2.45) is 0 Å². The van der Waals surface area contributed by atoms with E-state index in [2.05, 4.69) is 28.2 Å². The molecule has 0 unspecified atom stereocenters. The Kier molecular flexibility index (Phi) is 7.36. The van der Waals surface area contributed by atoms with Crippen LogP contribution >= 0.6 is 0 Å². The van der Waals surface area contributed by atoms with E-state index in [1.807, 2.05) is 50.2 Å². The summed E-state index contributed by atoms with van der Waals surface area (Å²) < 4.78 is 11.1. The van der Waals surface area contributed by atoms with Crippen LogP contribution in [0.4, 0.5) is 11.4 Å². The molecule has 0 aromatic heterocycles. The normalized spacial score (nSPS) is 14.9. The van der Waals surface area contributed by atoms with Gasteiger partial charge >= 0.3 is 0 Å². The lowest BCUT2D eigenvalue weighted by Crippen LogP contribution is -2.44. The van der Waals surface area contributed by atoms with E-state index in [1.165, 1.54) is 0 Å². The Morgan fingerprint density at radius 3 is 2.50 bits per heavy atom. The lowest BCUT2D eigenvalue weighted by molar-refractivity contribution is -0.111. The molecule has 0 spiro atoms. The second-order valence-electron chi connectivity index (χ2n) is 7.71. The summed E-state index contributed by atoms with van der Waals surface area (Å²) in [6, 6.07) is 13.6. The highest BCUT2D eigenvalue weighted by Crippen LogP contribution is 2.30. The standard InChI is InChI=1S/C24H31N3O3/c1-18(2)30-22-11-9-19(17-23(22)29-4)10-12-24(28)25-20-7-5-6-8-21(20)27-15-13-26(3)14-16-27/h5-12,17-18H,13-16H2,1-4H3,(H,25,28)/b12-10+. The molecule has 1 fully saturated rings. The fourth-order valence-electron chi connectivity index (χ4n) is 3.39. The quantitative estimate of drug-likeness (QED) is 0.703. The summed E-state index contributed by atoms with van der Waals surface area (Å²) in [7, 11) is 3.74. The van der Waals surface area contributed by atoms with E-state index in [4.69, 9.17) is 9.47 Å². The lowest BCUT2D eigenvalue weighted by Gasteiger charge is -2.35. The van der Waals surface area contributed by atoms with Crippen LogP contribution in [0.25, 0.3) is 6.08 Å². The van der Waals surface area contributed by atoms with Crippen LogP contribution in [0.1, 0.15) is 19.4 Å². The number of benzene rings is 2. The third-order valence-corrected chi connectivity index (χ3v) is 4.98. The van der Waals surface area contributed by atoms with Gasteiger partial charge in [-0.2, -0.15) is 0 Å². The summed E-state index contributed by atoms with van der Waals surface area (Å²) in [5.74, 6) is 1.17. The fourth-order valence-corrected chi connectivity index (χ4v) is 3.39. The number of hydrogen-bond donors (Lipinski definition) is 1. The summed E-state index contributed by atoms with van der Waals surface area (Å²) in [4.78, 5) is 17.2. The van der Waals surface area contributed by atoms with Gasteiger partial charge in [-0.3, -0.25) is 4.79 Å². The minimum atomic E-state index is -0.168. The molecule has 1 aliphatic rings. The zero-order valence-electron chi connectivity index (χ0n) is 18.2. The third kappa shape index (κ3) is 5.76. The van der Waals surface area contributed by atoms with Gasteiger partial charge in [-0.05, 0) is 56.8 Å². The second kappa shape index (κ2) is 10.2. The number of rotatable bonds is 7. The first-order chi connectivity index (χ1) is 14.5. The molecule has 3 rings (SSSR count). The monoisotopic (exact) mass is 409 g/mol. The van der Waals surface area contributed by atoms with Crippen LogP contribution in [-0.4, -0.2) is 57.2 Å². The minimum Gasteiger partial charge on any atom is -0.493 e. The molecule has 160 valence electrons. The Balaban J connectivity index is 1.68. The van der Waals surface area contributed by atoms with Crippen LogP contribution in [0.2, 0.25) is 0 Å². The van der Waals surface area contributed by atoms with Gasteiger partial charge < -0.3 is 24.6 Å². The zero-order chi connectivity index (χ0) is 21.5. The lowest BCUT2D eigenvalue weighted by atomic mass is 10.1. The van der Waals surface area contributed by atoms with Gasteiger partial charge in [-0.1, -0.05) is 18.2 Å². The zero-order valence-corrected chi connectivity index (χ0v) is 18.2. The van der Waals surface area contributed by atoms with Crippen molar-refractivity contribution in [3.63, 3.8) is 0 Å². The third-order valence-electron chi connectivity index (χ3n) is 4.98. The fraction of sp³-hybridized carbons (Fsp3) is 0.375. The van der Waals surface area contributed by atoms with Crippen LogP contribution in [0.5, 0.6) is 11.5 Å². The van der Waals surface area contributed by atoms with Crippen molar-refractivity contribution < 1.29 is 14.3 Å². The van der Waals surface area contributed by atoms with Crippen LogP contribution < -0.4 is 19.7 Å². The Labute approximate surface area is 179 Å². The molecule has 0 atom stereocenters. The van der Waals surface area contributed by atoms with E-state index in [0.717, 1.165) is 43.1 Å². The van der Waals surface area contributed by atoms with Gasteiger partial charge in [0.15, 0.2) is 11.5 Å². The number of hydrogen-bond acceptors (Lipinski definition) is 5. The maximum atomic E-state index is 12.6. The first-order valence-corrected chi connectivity index (χ1v) is 10.3. The second-order valence-corrected chi connectivity index (χ2v) is 7.71. The molecule has 0 radical (unpaired) electrons. The number of likely N-dealkylation sites (N-methyl/N-ethyl adjacent to an activating group) is 1. The average molecular weight is 410 g/mol. The van der Waals surface area contributed by atoms with Gasteiger partial charge in [0.25, 0.3) is 0 Å². The molecule has 6 heteroatoms. The van der Waals surface area contributed by atoms with Crippen molar-refractivity contribution >= 4 is 23.4 Å². The molecule has 2 aromatic rings. The van der Waals surface area contributed by atoms with E-state index < -0.39 is 0 Å². The molecule has 6 nitrogen and oxygen atoms in total. The molecule has 1 saturated heterocycles. The minimum absolute atomic E-state index is 0.0615. The number of ether oxygens (including phenoxy) is 2. The van der Waals surface area contributed by atoms with Crippen LogP contribution in [-0.2, 0) is 4.79 Å². The van der Waals surface area contributed by atoms with E-state index in [9.17, 15) is 4.79 Å². The maximum Gasteiger partial charge on any atom is 0.248 e. The van der Waals surface area contributed by atoms with Gasteiger partial charge in [0.1, 0.15) is 0 Å². The molecule has 1 aliphatic heterocycles. The van der Waals surface area contributed by atoms with E-state index >= 15 is 0 Å².